The summed E-state index contributed by atoms with van der Waals surface area (Å²) in [6.07, 6.45) is 2.77. The molecule has 2 rings (SSSR count). The number of methoxy groups -OCH3 is 1. The highest BCUT2D eigenvalue weighted by Crippen LogP contribution is 2.20. The first-order valence-electron chi connectivity index (χ1n) is 5.81. The number of nitrogens with zero attached hydrogens (tertiary/aromatic N) is 2. The van der Waals surface area contributed by atoms with E-state index >= 15 is 0 Å². The Balaban J connectivity index is 2.28. The third kappa shape index (κ3) is 2.71. The quantitative estimate of drug-likeness (QED) is 0.858. The number of fused-ring (bicyclic) bond motifs is 1. The Labute approximate surface area is 101 Å². The molecule has 0 bridgehead atoms. The van der Waals surface area contributed by atoms with Crippen LogP contribution in [0.15, 0.2) is 30.5 Å². The summed E-state index contributed by atoms with van der Waals surface area (Å²) >= 11 is 0. The standard InChI is InChI=1S/C13H17N3O/c1-3-10(9-17-2)15-13-8-14-16-12-7-5-4-6-11(12)13/h4-8,10H,3,9H2,1-2H3,(H,15,16). The third-order valence-electron chi connectivity index (χ3n) is 2.77. The molecule has 1 heterocycles. The lowest BCUT2D eigenvalue weighted by atomic mass is 10.2. The van der Waals surface area contributed by atoms with Crippen molar-refractivity contribution < 1.29 is 4.74 Å². The van der Waals surface area contributed by atoms with Crippen LogP contribution in [-0.4, -0.2) is 30.0 Å². The molecule has 0 saturated heterocycles. The van der Waals surface area contributed by atoms with Crippen molar-refractivity contribution in [1.29, 1.82) is 0 Å². The van der Waals surface area contributed by atoms with Crippen LogP contribution in [0.1, 0.15) is 13.3 Å². The van der Waals surface area contributed by atoms with Crippen molar-refractivity contribution >= 4 is 16.6 Å². The number of benzene rings is 1. The van der Waals surface area contributed by atoms with Gasteiger partial charge in [-0.1, -0.05) is 25.1 Å². The fourth-order valence-electron chi connectivity index (χ4n) is 1.80. The minimum atomic E-state index is 0.299. The van der Waals surface area contributed by atoms with Gasteiger partial charge >= 0.3 is 0 Å². The molecule has 0 spiro atoms. The van der Waals surface area contributed by atoms with Crippen LogP contribution in [0.25, 0.3) is 10.9 Å². The zero-order valence-electron chi connectivity index (χ0n) is 10.2. The zero-order valence-corrected chi connectivity index (χ0v) is 10.2. The molecule has 0 radical (unpaired) electrons. The largest absolute Gasteiger partial charge is 0.383 e. The van der Waals surface area contributed by atoms with Gasteiger partial charge < -0.3 is 10.1 Å². The predicted octanol–water partition coefficient (Wildman–Crippen LogP) is 2.47. The highest BCUT2D eigenvalue weighted by atomic mass is 16.5. The van der Waals surface area contributed by atoms with E-state index in [1.54, 1.807) is 13.3 Å². The van der Waals surface area contributed by atoms with E-state index in [2.05, 4.69) is 22.4 Å². The van der Waals surface area contributed by atoms with E-state index in [1.807, 2.05) is 24.3 Å². The van der Waals surface area contributed by atoms with Crippen LogP contribution in [0.3, 0.4) is 0 Å². The monoisotopic (exact) mass is 231 g/mol. The minimum Gasteiger partial charge on any atom is -0.383 e. The van der Waals surface area contributed by atoms with E-state index in [-0.39, 0.29) is 0 Å². The van der Waals surface area contributed by atoms with Gasteiger partial charge in [-0.3, -0.25) is 0 Å². The highest BCUT2D eigenvalue weighted by molar-refractivity contribution is 5.90. The van der Waals surface area contributed by atoms with Crippen molar-refractivity contribution in [1.82, 2.24) is 10.2 Å². The Hall–Kier alpha value is -1.68. The average Bonchev–Trinajstić information content (AvgIpc) is 2.38. The van der Waals surface area contributed by atoms with Crippen molar-refractivity contribution in [3.63, 3.8) is 0 Å². The van der Waals surface area contributed by atoms with E-state index in [9.17, 15) is 0 Å². The molecule has 1 atom stereocenters. The Morgan fingerprint density at radius 2 is 2.18 bits per heavy atom. The molecule has 0 fully saturated rings. The number of nitrogens with one attached hydrogen (secondary N) is 1. The Morgan fingerprint density at radius 3 is 2.94 bits per heavy atom. The molecule has 0 saturated carbocycles. The minimum absolute atomic E-state index is 0.299. The molecule has 4 nitrogen and oxygen atoms in total. The topological polar surface area (TPSA) is 47.0 Å². The predicted molar refractivity (Wildman–Crippen MR) is 69.1 cm³/mol. The van der Waals surface area contributed by atoms with Crippen LogP contribution in [-0.2, 0) is 4.74 Å². The van der Waals surface area contributed by atoms with Gasteiger partial charge in [0.15, 0.2) is 0 Å². The lowest BCUT2D eigenvalue weighted by Crippen LogP contribution is -2.24. The second-order valence-corrected chi connectivity index (χ2v) is 3.98. The second kappa shape index (κ2) is 5.59. The fraction of sp³-hybridized carbons (Fsp3) is 0.385. The molecule has 0 aliphatic rings. The SMILES string of the molecule is CCC(COC)Nc1cnnc2ccccc12. The molecule has 1 unspecified atom stereocenters. The molecule has 0 amide bonds. The average molecular weight is 231 g/mol. The number of aromatic nitrogens is 2. The summed E-state index contributed by atoms with van der Waals surface area (Å²) in [5.41, 5.74) is 1.92. The fourth-order valence-corrected chi connectivity index (χ4v) is 1.80. The number of ether oxygens (including phenoxy) is 1. The Morgan fingerprint density at radius 1 is 1.35 bits per heavy atom. The third-order valence-corrected chi connectivity index (χ3v) is 2.77. The van der Waals surface area contributed by atoms with Crippen molar-refractivity contribution in [2.24, 2.45) is 0 Å². The van der Waals surface area contributed by atoms with Crippen molar-refractivity contribution in [3.05, 3.63) is 30.5 Å². The normalized spacial score (nSPS) is 12.6. The lowest BCUT2D eigenvalue weighted by Gasteiger charge is -2.17. The Kier molecular flexibility index (Phi) is 3.88. The second-order valence-electron chi connectivity index (χ2n) is 3.98. The van der Waals surface area contributed by atoms with E-state index in [0.717, 1.165) is 23.0 Å². The number of anilines is 1. The maximum Gasteiger partial charge on any atom is 0.0950 e. The molecular weight excluding hydrogens is 214 g/mol. The summed E-state index contributed by atoms with van der Waals surface area (Å²) in [6, 6.07) is 8.28. The van der Waals surface area contributed by atoms with Gasteiger partial charge in [0.05, 0.1) is 24.0 Å². The molecule has 1 aromatic heterocycles. The number of hydrogen-bond acceptors (Lipinski definition) is 4. The first kappa shape index (κ1) is 11.8. The molecule has 17 heavy (non-hydrogen) atoms. The van der Waals surface area contributed by atoms with Gasteiger partial charge in [0.1, 0.15) is 0 Å². The van der Waals surface area contributed by atoms with Crippen LogP contribution in [0.4, 0.5) is 5.69 Å². The van der Waals surface area contributed by atoms with Gasteiger partial charge in [0.2, 0.25) is 0 Å². The summed E-state index contributed by atoms with van der Waals surface area (Å²) in [7, 11) is 1.72. The highest BCUT2D eigenvalue weighted by Gasteiger charge is 2.08. The molecule has 1 aromatic carbocycles. The van der Waals surface area contributed by atoms with Gasteiger partial charge in [-0.25, -0.2) is 0 Å². The molecule has 1 N–H and O–H groups in total. The van der Waals surface area contributed by atoms with E-state index in [4.69, 9.17) is 4.74 Å². The van der Waals surface area contributed by atoms with E-state index in [0.29, 0.717) is 12.6 Å². The van der Waals surface area contributed by atoms with Gasteiger partial charge in [0.25, 0.3) is 0 Å². The summed E-state index contributed by atoms with van der Waals surface area (Å²) in [5.74, 6) is 0. The van der Waals surface area contributed by atoms with Crippen LogP contribution < -0.4 is 5.32 Å². The molecule has 0 aliphatic carbocycles. The first-order chi connectivity index (χ1) is 8.35. The zero-order chi connectivity index (χ0) is 12.1. The molecule has 0 aliphatic heterocycles. The van der Waals surface area contributed by atoms with Gasteiger partial charge in [-0.2, -0.15) is 10.2 Å². The van der Waals surface area contributed by atoms with Crippen molar-refractivity contribution in [2.75, 3.05) is 19.0 Å². The smallest absolute Gasteiger partial charge is 0.0950 e. The number of hydrogen-bond donors (Lipinski definition) is 1. The van der Waals surface area contributed by atoms with Crippen LogP contribution >= 0.6 is 0 Å². The molecular formula is C13H17N3O. The summed E-state index contributed by atoms with van der Waals surface area (Å²) < 4.78 is 5.18. The summed E-state index contributed by atoms with van der Waals surface area (Å²) in [6.45, 7) is 2.82. The molecule has 4 heteroatoms. The Bertz CT molecular complexity index is 482. The summed E-state index contributed by atoms with van der Waals surface area (Å²) in [5, 5.41) is 12.6. The van der Waals surface area contributed by atoms with Gasteiger partial charge in [-0.05, 0) is 12.5 Å². The number of rotatable bonds is 5. The van der Waals surface area contributed by atoms with Crippen LogP contribution in [0.2, 0.25) is 0 Å². The van der Waals surface area contributed by atoms with E-state index in [1.165, 1.54) is 0 Å². The van der Waals surface area contributed by atoms with Crippen LogP contribution in [0, 0.1) is 0 Å². The van der Waals surface area contributed by atoms with Gasteiger partial charge in [-0.15, -0.1) is 0 Å². The lowest BCUT2D eigenvalue weighted by molar-refractivity contribution is 0.184. The summed E-state index contributed by atoms with van der Waals surface area (Å²) in [4.78, 5) is 0. The van der Waals surface area contributed by atoms with Crippen molar-refractivity contribution in [3.8, 4) is 0 Å². The van der Waals surface area contributed by atoms with E-state index < -0.39 is 0 Å². The van der Waals surface area contributed by atoms with Gasteiger partial charge in [0, 0.05) is 18.5 Å². The maximum atomic E-state index is 5.18. The maximum absolute atomic E-state index is 5.18. The molecule has 2 aromatic rings. The molecule has 90 valence electrons. The van der Waals surface area contributed by atoms with Crippen molar-refractivity contribution in [2.45, 2.75) is 19.4 Å². The van der Waals surface area contributed by atoms with Crippen LogP contribution in [0.5, 0.6) is 0 Å². The first-order valence-corrected chi connectivity index (χ1v) is 5.81.